The Morgan fingerprint density at radius 2 is 2.09 bits per heavy atom. The normalized spacial score (nSPS) is 21.8. The summed E-state index contributed by atoms with van der Waals surface area (Å²) in [6, 6.07) is -0.959. The van der Waals surface area contributed by atoms with Crippen molar-refractivity contribution in [2.45, 2.75) is 18.3 Å². The molecular formula is C18H23N7O5S2. The van der Waals surface area contributed by atoms with E-state index >= 15 is 0 Å². The van der Waals surface area contributed by atoms with Gasteiger partial charge >= 0.3 is 0 Å². The van der Waals surface area contributed by atoms with Gasteiger partial charge in [0, 0.05) is 22.9 Å². The van der Waals surface area contributed by atoms with Crippen LogP contribution in [0.25, 0.3) is 0 Å². The molecule has 0 radical (unpaired) electrons. The van der Waals surface area contributed by atoms with Gasteiger partial charge in [-0.1, -0.05) is 5.16 Å². The van der Waals surface area contributed by atoms with E-state index < -0.39 is 29.2 Å². The third-order valence-electron chi connectivity index (χ3n) is 4.80. The Morgan fingerprint density at radius 1 is 1.41 bits per heavy atom. The highest BCUT2D eigenvalue weighted by atomic mass is 32.2. The van der Waals surface area contributed by atoms with Crippen LogP contribution in [0, 0.1) is 0 Å². The Labute approximate surface area is 192 Å². The number of aliphatic carboxylic acids is 1. The highest BCUT2D eigenvalue weighted by Gasteiger charge is 2.54. The second-order valence-electron chi connectivity index (χ2n) is 7.74. The summed E-state index contributed by atoms with van der Waals surface area (Å²) in [5.41, 5.74) is 6.42. The minimum Gasteiger partial charge on any atom is -0.543 e. The van der Waals surface area contributed by atoms with Crippen LogP contribution >= 0.6 is 23.3 Å². The van der Waals surface area contributed by atoms with Gasteiger partial charge in [0.2, 0.25) is 11.5 Å². The minimum atomic E-state index is -1.44. The lowest BCUT2D eigenvalue weighted by molar-refractivity contribution is -0.829. The molecule has 0 saturated carbocycles. The van der Waals surface area contributed by atoms with Crippen LogP contribution in [0.4, 0.5) is 5.13 Å². The number of oxime groups is 1. The molecule has 3 rings (SSSR count). The number of nitrogens with zero attached hydrogens (tertiary/aromatic N) is 5. The minimum absolute atomic E-state index is 0.0370. The van der Waals surface area contributed by atoms with Crippen molar-refractivity contribution in [3.63, 3.8) is 0 Å². The molecule has 0 aliphatic carbocycles. The quantitative estimate of drug-likeness (QED) is 0.204. The number of carboxylic acid groups (broad SMARTS) is 1. The summed E-state index contributed by atoms with van der Waals surface area (Å²) in [5, 5.41) is 17.7. The summed E-state index contributed by atoms with van der Waals surface area (Å²) >= 11 is 2.23. The zero-order chi connectivity index (χ0) is 23.8. The van der Waals surface area contributed by atoms with Gasteiger partial charge in [0.15, 0.2) is 5.13 Å². The van der Waals surface area contributed by atoms with E-state index in [0.29, 0.717) is 15.8 Å². The van der Waals surface area contributed by atoms with Gasteiger partial charge in [-0.3, -0.25) is 19.0 Å². The number of nitrogens with two attached hydrogens (primary N) is 1. The van der Waals surface area contributed by atoms with E-state index in [1.807, 2.05) is 34.1 Å². The molecule has 2 atom stereocenters. The Hall–Kier alpha value is -2.97. The number of anilines is 1. The van der Waals surface area contributed by atoms with Crippen molar-refractivity contribution in [2.75, 3.05) is 39.7 Å². The number of thioether (sulfide) groups is 1. The van der Waals surface area contributed by atoms with Gasteiger partial charge in [-0.05, 0) is 13.0 Å². The number of carbonyl (C=O) groups excluding carboxylic acids is 3. The molecule has 14 heteroatoms. The molecule has 1 aromatic heterocycles. The highest BCUT2D eigenvalue weighted by Crippen LogP contribution is 2.42. The summed E-state index contributed by atoms with van der Waals surface area (Å²) in [5.74, 6) is -2.45. The number of aromatic nitrogens is 2. The van der Waals surface area contributed by atoms with E-state index in [1.165, 1.54) is 18.9 Å². The Bertz CT molecular complexity index is 1060. The number of carboxylic acids is 1. The van der Waals surface area contributed by atoms with E-state index in [0.717, 1.165) is 22.1 Å². The van der Waals surface area contributed by atoms with Gasteiger partial charge in [0.25, 0.3) is 11.8 Å². The number of allylic oxidation sites excluding steroid dienone is 2. The van der Waals surface area contributed by atoms with Gasteiger partial charge in [-0.2, -0.15) is 9.36 Å². The van der Waals surface area contributed by atoms with E-state index in [9.17, 15) is 19.5 Å². The first kappa shape index (κ1) is 23.7. The fourth-order valence-corrected chi connectivity index (χ4v) is 5.38. The molecule has 1 fully saturated rings. The molecule has 0 spiro atoms. The first-order chi connectivity index (χ1) is 15.0. The van der Waals surface area contributed by atoms with Gasteiger partial charge in [-0.15, -0.1) is 11.8 Å². The maximum absolute atomic E-state index is 12.9. The molecule has 32 heavy (non-hydrogen) atoms. The van der Waals surface area contributed by atoms with Crippen LogP contribution in [0.2, 0.25) is 0 Å². The number of quaternary nitrogens is 1. The van der Waals surface area contributed by atoms with Gasteiger partial charge in [-0.25, -0.2) is 0 Å². The fraction of sp³-hybridized carbons (Fsp3) is 0.444. The van der Waals surface area contributed by atoms with Gasteiger partial charge in [0.05, 0.1) is 32.8 Å². The molecule has 1 saturated heterocycles. The molecule has 1 aromatic rings. The lowest BCUT2D eigenvalue weighted by Gasteiger charge is -2.51. The number of nitrogens with one attached hydrogen (secondary N) is 1. The SMILES string of the molecule is C/C=C(/C1=C(C(=O)[O-])N2C(=O)C(NC(=O)/C(=N/OC)c3nsc(N)n3)C2SC1)[N+](C)(C)C. The zero-order valence-electron chi connectivity index (χ0n) is 18.1. The monoisotopic (exact) mass is 481 g/mol. The summed E-state index contributed by atoms with van der Waals surface area (Å²) in [7, 11) is 6.97. The van der Waals surface area contributed by atoms with Crippen LogP contribution in [-0.2, 0) is 19.2 Å². The van der Waals surface area contributed by atoms with Crippen LogP contribution in [0.3, 0.4) is 0 Å². The maximum Gasteiger partial charge on any atom is 0.278 e. The first-order valence-corrected chi connectivity index (χ1v) is 11.2. The molecule has 2 aliphatic rings. The summed E-state index contributed by atoms with van der Waals surface area (Å²) < 4.78 is 4.31. The second-order valence-corrected chi connectivity index (χ2v) is 9.63. The number of rotatable bonds is 7. The van der Waals surface area contributed by atoms with Crippen LogP contribution < -0.4 is 16.2 Å². The molecule has 12 nitrogen and oxygen atoms in total. The molecule has 0 aromatic carbocycles. The molecule has 2 aliphatic heterocycles. The summed E-state index contributed by atoms with van der Waals surface area (Å²) in [4.78, 5) is 47.4. The van der Waals surface area contributed by atoms with Crippen LogP contribution in [0.5, 0.6) is 0 Å². The molecule has 2 amide bonds. The van der Waals surface area contributed by atoms with Gasteiger partial charge in [0.1, 0.15) is 24.2 Å². The van der Waals surface area contributed by atoms with Crippen molar-refractivity contribution in [2.24, 2.45) is 5.16 Å². The third kappa shape index (κ3) is 4.20. The molecule has 2 unspecified atom stereocenters. The topological polar surface area (TPSA) is 163 Å². The van der Waals surface area contributed by atoms with Crippen LogP contribution in [-0.4, -0.2) is 87.7 Å². The van der Waals surface area contributed by atoms with Crippen molar-refractivity contribution in [3.8, 4) is 0 Å². The zero-order valence-corrected chi connectivity index (χ0v) is 19.7. The summed E-state index contributed by atoms with van der Waals surface area (Å²) in [6.07, 6.45) is 1.82. The molecule has 3 N–H and O–H groups in total. The number of likely N-dealkylation sites (N-methyl/N-ethyl adjacent to an activating group) is 1. The van der Waals surface area contributed by atoms with Crippen molar-refractivity contribution in [1.82, 2.24) is 19.6 Å². The third-order valence-corrected chi connectivity index (χ3v) is 6.63. The molecule has 0 bridgehead atoms. The first-order valence-electron chi connectivity index (χ1n) is 9.40. The number of nitrogen functional groups attached to an aromatic ring is 1. The number of hydrogen-bond acceptors (Lipinski definition) is 11. The molecule has 3 heterocycles. The second kappa shape index (κ2) is 8.88. The Morgan fingerprint density at radius 3 is 2.59 bits per heavy atom. The van der Waals surface area contributed by atoms with E-state index in [4.69, 9.17) is 10.6 Å². The van der Waals surface area contributed by atoms with E-state index in [-0.39, 0.29) is 22.4 Å². The van der Waals surface area contributed by atoms with Crippen molar-refractivity contribution < 1.29 is 28.8 Å². The number of amides is 2. The fourth-order valence-electron chi connectivity index (χ4n) is 3.59. The van der Waals surface area contributed by atoms with Crippen LogP contribution in [0.1, 0.15) is 12.7 Å². The lowest BCUT2D eigenvalue weighted by atomic mass is 10.00. The average molecular weight is 482 g/mol. The number of β-lactam (4-membered cyclic amide) rings is 1. The Balaban J connectivity index is 1.87. The molecular weight excluding hydrogens is 458 g/mol. The van der Waals surface area contributed by atoms with Crippen LogP contribution in [0.15, 0.2) is 28.2 Å². The predicted octanol–water partition coefficient (Wildman–Crippen LogP) is -1.52. The van der Waals surface area contributed by atoms with E-state index in [1.54, 1.807) is 0 Å². The number of fused-ring (bicyclic) bond motifs is 1. The number of hydrogen-bond donors (Lipinski definition) is 2. The van der Waals surface area contributed by atoms with Crippen molar-refractivity contribution >= 4 is 51.9 Å². The summed E-state index contributed by atoms with van der Waals surface area (Å²) in [6.45, 7) is 1.81. The van der Waals surface area contributed by atoms with Gasteiger partial charge < -0.3 is 25.8 Å². The van der Waals surface area contributed by atoms with Crippen molar-refractivity contribution in [1.29, 1.82) is 0 Å². The molecule has 172 valence electrons. The average Bonchev–Trinajstić information content (AvgIpc) is 3.14. The van der Waals surface area contributed by atoms with Crippen molar-refractivity contribution in [3.05, 3.63) is 28.9 Å². The highest BCUT2D eigenvalue weighted by molar-refractivity contribution is 8.00. The maximum atomic E-state index is 12.9. The standard InChI is InChI=1S/C18H23N7O5S2/c1-6-9(25(2,3)4)8-7-31-16-11(15(27)24(16)12(8)17(28)29)20-14(26)10(22-30-5)13-21-18(19)32-23-13/h6,11,16H,7H2,1-5H3,(H3-,19,20,21,23,26,28,29)/b9-6-,22-10+. The number of carbonyl (C=O) groups is 3. The lowest BCUT2D eigenvalue weighted by Crippen LogP contribution is -2.71. The largest absolute Gasteiger partial charge is 0.543 e. The Kier molecular flexibility index (Phi) is 6.57. The predicted molar refractivity (Wildman–Crippen MR) is 117 cm³/mol. The smallest absolute Gasteiger partial charge is 0.278 e. The van der Waals surface area contributed by atoms with E-state index in [2.05, 4.69) is 19.8 Å².